The van der Waals surface area contributed by atoms with Crippen molar-refractivity contribution in [2.75, 3.05) is 18.6 Å². The number of hydrogen-bond acceptors (Lipinski definition) is 5. The molecule has 4 aromatic rings. The zero-order valence-corrected chi connectivity index (χ0v) is 21.4. The van der Waals surface area contributed by atoms with Gasteiger partial charge in [0.15, 0.2) is 0 Å². The number of sulfonamides is 1. The van der Waals surface area contributed by atoms with Crippen molar-refractivity contribution in [1.29, 1.82) is 0 Å². The molecule has 0 fully saturated rings. The zero-order valence-electron chi connectivity index (χ0n) is 20.6. The van der Waals surface area contributed by atoms with Gasteiger partial charge in [0.25, 0.3) is 10.0 Å². The summed E-state index contributed by atoms with van der Waals surface area (Å²) in [6, 6.07) is 27.9. The summed E-state index contributed by atoms with van der Waals surface area (Å²) in [5.74, 6) is -2.02. The standard InChI is InChI=1S/C29H28N2O5S/c1-3-31(24-11-5-4-6-12-24)29(33)27(19-21-13-16-25(36-2)17-14-21)28(32)30-37(34,35)26-18-15-22-9-7-8-10-23(22)20-26/h4-18,20,27H,3,19H2,1-2H3,(H,30,32). The monoisotopic (exact) mass is 516 g/mol. The van der Waals surface area contributed by atoms with E-state index in [0.717, 1.165) is 10.8 Å². The van der Waals surface area contributed by atoms with Crippen LogP contribution in [0.5, 0.6) is 5.75 Å². The predicted octanol–water partition coefficient (Wildman–Crippen LogP) is 4.57. The normalized spacial score (nSPS) is 12.1. The largest absolute Gasteiger partial charge is 0.497 e. The third-order valence-electron chi connectivity index (χ3n) is 6.13. The second kappa shape index (κ2) is 11.3. The highest BCUT2D eigenvalue weighted by molar-refractivity contribution is 7.90. The maximum absolute atomic E-state index is 13.7. The lowest BCUT2D eigenvalue weighted by atomic mass is 9.96. The Kier molecular flexibility index (Phi) is 7.89. The molecule has 8 heteroatoms. The first kappa shape index (κ1) is 25.9. The summed E-state index contributed by atoms with van der Waals surface area (Å²) in [5.41, 5.74) is 1.32. The van der Waals surface area contributed by atoms with Gasteiger partial charge in [0.2, 0.25) is 11.8 Å². The molecule has 1 N–H and O–H groups in total. The van der Waals surface area contributed by atoms with Gasteiger partial charge in [0.1, 0.15) is 11.7 Å². The van der Waals surface area contributed by atoms with Gasteiger partial charge in [-0.3, -0.25) is 9.59 Å². The predicted molar refractivity (Wildman–Crippen MR) is 144 cm³/mol. The lowest BCUT2D eigenvalue weighted by Gasteiger charge is -2.26. The van der Waals surface area contributed by atoms with Crippen LogP contribution in [0.4, 0.5) is 5.69 Å². The van der Waals surface area contributed by atoms with Crippen LogP contribution < -0.4 is 14.4 Å². The van der Waals surface area contributed by atoms with E-state index in [0.29, 0.717) is 23.5 Å². The molecule has 0 aliphatic carbocycles. The van der Waals surface area contributed by atoms with Crippen LogP contribution >= 0.6 is 0 Å². The van der Waals surface area contributed by atoms with Crippen LogP contribution in [0.2, 0.25) is 0 Å². The maximum Gasteiger partial charge on any atom is 0.264 e. The highest BCUT2D eigenvalue weighted by Crippen LogP contribution is 2.23. The fraction of sp³-hybridized carbons (Fsp3) is 0.172. The van der Waals surface area contributed by atoms with Gasteiger partial charge < -0.3 is 9.64 Å². The van der Waals surface area contributed by atoms with Crippen molar-refractivity contribution in [3.8, 4) is 5.75 Å². The highest BCUT2D eigenvalue weighted by atomic mass is 32.2. The van der Waals surface area contributed by atoms with E-state index in [9.17, 15) is 18.0 Å². The molecule has 1 unspecified atom stereocenters. The Hall–Kier alpha value is -4.17. The molecule has 0 aliphatic heterocycles. The van der Waals surface area contributed by atoms with E-state index in [1.165, 1.54) is 17.0 Å². The summed E-state index contributed by atoms with van der Waals surface area (Å²) in [5, 5.41) is 1.60. The third-order valence-corrected chi connectivity index (χ3v) is 7.47. The topological polar surface area (TPSA) is 92.8 Å². The number of nitrogens with zero attached hydrogens (tertiary/aromatic N) is 1. The van der Waals surface area contributed by atoms with Crippen LogP contribution in [0, 0.1) is 5.92 Å². The molecule has 4 aromatic carbocycles. The van der Waals surface area contributed by atoms with Crippen molar-refractivity contribution in [2.45, 2.75) is 18.2 Å². The molecule has 190 valence electrons. The van der Waals surface area contributed by atoms with Gasteiger partial charge in [0.05, 0.1) is 12.0 Å². The number of rotatable bonds is 9. The Bertz CT molecular complexity index is 1500. The van der Waals surface area contributed by atoms with E-state index in [1.807, 2.05) is 24.3 Å². The lowest BCUT2D eigenvalue weighted by Crippen LogP contribution is -2.46. The molecular formula is C29H28N2O5S. The Morgan fingerprint density at radius 2 is 1.51 bits per heavy atom. The molecular weight excluding hydrogens is 488 g/mol. The lowest BCUT2D eigenvalue weighted by molar-refractivity contribution is -0.132. The van der Waals surface area contributed by atoms with E-state index in [2.05, 4.69) is 4.72 Å². The summed E-state index contributed by atoms with van der Waals surface area (Å²) in [6.45, 7) is 2.12. The summed E-state index contributed by atoms with van der Waals surface area (Å²) in [6.07, 6.45) is 0.0191. The van der Waals surface area contributed by atoms with Gasteiger partial charge >= 0.3 is 0 Å². The van der Waals surface area contributed by atoms with Crippen molar-refractivity contribution in [2.24, 2.45) is 5.92 Å². The molecule has 0 saturated carbocycles. The Balaban J connectivity index is 1.65. The SMILES string of the molecule is CCN(C(=O)C(Cc1ccc(OC)cc1)C(=O)NS(=O)(=O)c1ccc2ccccc2c1)c1ccccc1. The molecule has 7 nitrogen and oxygen atoms in total. The number of amides is 2. The number of para-hydroxylation sites is 1. The van der Waals surface area contributed by atoms with Gasteiger partial charge in [-0.15, -0.1) is 0 Å². The van der Waals surface area contributed by atoms with Gasteiger partial charge in [-0.2, -0.15) is 0 Å². The second-order valence-electron chi connectivity index (χ2n) is 8.50. The smallest absolute Gasteiger partial charge is 0.264 e. The summed E-state index contributed by atoms with van der Waals surface area (Å²) in [7, 11) is -2.67. The van der Waals surface area contributed by atoms with Crippen LogP contribution in [0.3, 0.4) is 0 Å². The first-order valence-electron chi connectivity index (χ1n) is 11.9. The molecule has 0 aliphatic rings. The minimum Gasteiger partial charge on any atom is -0.497 e. The van der Waals surface area contributed by atoms with E-state index >= 15 is 0 Å². The quantitative estimate of drug-likeness (QED) is 0.329. The Morgan fingerprint density at radius 1 is 0.865 bits per heavy atom. The summed E-state index contributed by atoms with van der Waals surface area (Å²) < 4.78 is 33.7. The number of methoxy groups -OCH3 is 1. The van der Waals surface area contributed by atoms with Crippen molar-refractivity contribution in [3.63, 3.8) is 0 Å². The minimum atomic E-state index is -4.22. The fourth-order valence-corrected chi connectivity index (χ4v) is 5.20. The van der Waals surface area contributed by atoms with Crippen LogP contribution in [0.15, 0.2) is 102 Å². The van der Waals surface area contributed by atoms with Gasteiger partial charge in [-0.05, 0) is 66.1 Å². The average molecular weight is 517 g/mol. The molecule has 0 spiro atoms. The van der Waals surface area contributed by atoms with Gasteiger partial charge in [-0.1, -0.05) is 60.7 Å². The van der Waals surface area contributed by atoms with E-state index in [1.54, 1.807) is 74.7 Å². The highest BCUT2D eigenvalue weighted by Gasteiger charge is 2.34. The average Bonchev–Trinajstić information content (AvgIpc) is 2.92. The van der Waals surface area contributed by atoms with E-state index in [4.69, 9.17) is 4.74 Å². The number of anilines is 1. The van der Waals surface area contributed by atoms with Crippen molar-refractivity contribution < 1.29 is 22.7 Å². The minimum absolute atomic E-state index is 0.0191. The van der Waals surface area contributed by atoms with E-state index in [-0.39, 0.29) is 11.3 Å². The molecule has 0 saturated heterocycles. The van der Waals surface area contributed by atoms with Gasteiger partial charge in [-0.25, -0.2) is 13.1 Å². The summed E-state index contributed by atoms with van der Waals surface area (Å²) in [4.78, 5) is 28.6. The van der Waals surface area contributed by atoms with Crippen molar-refractivity contribution in [3.05, 3.63) is 103 Å². The first-order chi connectivity index (χ1) is 17.8. The van der Waals surface area contributed by atoms with Crippen LogP contribution in [0.1, 0.15) is 12.5 Å². The zero-order chi connectivity index (χ0) is 26.4. The van der Waals surface area contributed by atoms with Gasteiger partial charge in [0, 0.05) is 12.2 Å². The van der Waals surface area contributed by atoms with Crippen LogP contribution in [-0.2, 0) is 26.0 Å². The van der Waals surface area contributed by atoms with Crippen LogP contribution in [0.25, 0.3) is 10.8 Å². The number of carbonyl (C=O) groups is 2. The fourth-order valence-electron chi connectivity index (χ4n) is 4.15. The second-order valence-corrected chi connectivity index (χ2v) is 10.2. The first-order valence-corrected chi connectivity index (χ1v) is 13.4. The summed E-state index contributed by atoms with van der Waals surface area (Å²) >= 11 is 0. The molecule has 0 bridgehead atoms. The number of hydrogen-bond donors (Lipinski definition) is 1. The Labute approximate surface area is 216 Å². The molecule has 0 radical (unpaired) electrons. The number of nitrogens with one attached hydrogen (secondary N) is 1. The number of ether oxygens (including phenoxy) is 1. The third kappa shape index (κ3) is 5.98. The number of fused-ring (bicyclic) bond motifs is 1. The van der Waals surface area contributed by atoms with Crippen molar-refractivity contribution in [1.82, 2.24) is 4.72 Å². The molecule has 4 rings (SSSR count). The number of benzene rings is 4. The van der Waals surface area contributed by atoms with E-state index < -0.39 is 27.8 Å². The van der Waals surface area contributed by atoms with Crippen molar-refractivity contribution >= 4 is 38.3 Å². The molecule has 1 atom stereocenters. The molecule has 37 heavy (non-hydrogen) atoms. The molecule has 0 aromatic heterocycles. The molecule has 0 heterocycles. The van der Waals surface area contributed by atoms with Crippen LogP contribution in [-0.4, -0.2) is 33.9 Å². The molecule has 2 amide bonds. The Morgan fingerprint density at radius 3 is 2.16 bits per heavy atom. The number of carbonyl (C=O) groups excluding carboxylic acids is 2. The maximum atomic E-state index is 13.7.